The lowest BCUT2D eigenvalue weighted by Gasteiger charge is -1.99. The van der Waals surface area contributed by atoms with E-state index in [4.69, 9.17) is 14.9 Å². The molecule has 2 N–H and O–H groups in total. The lowest BCUT2D eigenvalue weighted by Crippen LogP contribution is -2.29. The van der Waals surface area contributed by atoms with E-state index in [0.717, 1.165) is 5.56 Å². The summed E-state index contributed by atoms with van der Waals surface area (Å²) in [6, 6.07) is 6.78. The zero-order chi connectivity index (χ0) is 10.4. The van der Waals surface area contributed by atoms with Crippen molar-refractivity contribution in [2.45, 2.75) is 6.92 Å². The first-order chi connectivity index (χ1) is 6.74. The molecule has 0 saturated heterocycles. The smallest absolute Gasteiger partial charge is 0.423 e. The molecule has 0 aromatic heterocycles. The molecular formula is C9H12BNO3. The number of oxime groups is 1. The van der Waals surface area contributed by atoms with Gasteiger partial charge in [0.15, 0.2) is 0 Å². The predicted octanol–water partition coefficient (Wildman–Crippen LogP) is -0.263. The van der Waals surface area contributed by atoms with Crippen LogP contribution in [0.1, 0.15) is 12.5 Å². The number of nitrogens with zero attached hydrogens (tertiary/aromatic N) is 1. The van der Waals surface area contributed by atoms with Gasteiger partial charge in [0.05, 0.1) is 6.21 Å². The van der Waals surface area contributed by atoms with Crippen molar-refractivity contribution < 1.29 is 14.9 Å². The van der Waals surface area contributed by atoms with Crippen LogP contribution in [0.5, 0.6) is 0 Å². The highest BCUT2D eigenvalue weighted by Crippen LogP contribution is 1.93. The van der Waals surface area contributed by atoms with Gasteiger partial charge in [0.2, 0.25) is 0 Å². The summed E-state index contributed by atoms with van der Waals surface area (Å²) >= 11 is 0. The van der Waals surface area contributed by atoms with Crippen molar-refractivity contribution in [1.29, 1.82) is 0 Å². The van der Waals surface area contributed by atoms with Gasteiger partial charge in [-0.15, -0.1) is 0 Å². The molecule has 0 unspecified atom stereocenters. The molecule has 5 heteroatoms. The van der Waals surface area contributed by atoms with Crippen LogP contribution < -0.4 is 5.46 Å². The van der Waals surface area contributed by atoms with Crippen molar-refractivity contribution in [3.05, 3.63) is 29.8 Å². The minimum atomic E-state index is -1.45. The molecule has 0 heterocycles. The first-order valence-electron chi connectivity index (χ1n) is 4.35. The van der Waals surface area contributed by atoms with Crippen LogP contribution in [0.25, 0.3) is 0 Å². The Morgan fingerprint density at radius 1 is 1.50 bits per heavy atom. The average molecular weight is 193 g/mol. The number of hydrogen-bond acceptors (Lipinski definition) is 4. The number of benzene rings is 1. The third-order valence-electron chi connectivity index (χ3n) is 1.61. The molecule has 4 nitrogen and oxygen atoms in total. The average Bonchev–Trinajstić information content (AvgIpc) is 2.19. The molecule has 0 atom stereocenters. The Hall–Kier alpha value is -1.33. The number of hydrogen-bond donors (Lipinski definition) is 2. The lowest BCUT2D eigenvalue weighted by atomic mass is 9.80. The molecule has 14 heavy (non-hydrogen) atoms. The molecule has 0 spiro atoms. The zero-order valence-electron chi connectivity index (χ0n) is 7.92. The molecule has 1 aromatic carbocycles. The van der Waals surface area contributed by atoms with Gasteiger partial charge in [0.1, 0.15) is 6.61 Å². The van der Waals surface area contributed by atoms with Crippen LogP contribution in [0, 0.1) is 0 Å². The SMILES string of the molecule is CCO/N=C/c1cccc(B(O)O)c1. The van der Waals surface area contributed by atoms with Crippen LogP contribution in [-0.4, -0.2) is 30.0 Å². The van der Waals surface area contributed by atoms with Crippen molar-refractivity contribution in [3.8, 4) is 0 Å². The highest BCUT2D eigenvalue weighted by Gasteiger charge is 2.09. The van der Waals surface area contributed by atoms with E-state index in [1.165, 1.54) is 6.21 Å². The van der Waals surface area contributed by atoms with E-state index in [2.05, 4.69) is 5.16 Å². The Morgan fingerprint density at radius 3 is 2.93 bits per heavy atom. The van der Waals surface area contributed by atoms with Gasteiger partial charge in [-0.25, -0.2) is 0 Å². The first kappa shape index (κ1) is 10.8. The van der Waals surface area contributed by atoms with Gasteiger partial charge < -0.3 is 14.9 Å². The second-order valence-electron chi connectivity index (χ2n) is 2.70. The minimum Gasteiger partial charge on any atom is -0.423 e. The molecule has 1 rings (SSSR count). The Labute approximate surface area is 83.0 Å². The van der Waals surface area contributed by atoms with E-state index < -0.39 is 7.12 Å². The van der Waals surface area contributed by atoms with Gasteiger partial charge in [-0.1, -0.05) is 29.4 Å². The first-order valence-corrected chi connectivity index (χ1v) is 4.35. The number of rotatable bonds is 4. The van der Waals surface area contributed by atoms with Crippen LogP contribution in [-0.2, 0) is 4.84 Å². The Balaban J connectivity index is 2.73. The molecule has 0 radical (unpaired) electrons. The predicted molar refractivity (Wildman–Crippen MR) is 55.5 cm³/mol. The van der Waals surface area contributed by atoms with E-state index in [-0.39, 0.29) is 0 Å². The molecule has 0 aliphatic carbocycles. The summed E-state index contributed by atoms with van der Waals surface area (Å²) < 4.78 is 0. The third kappa shape index (κ3) is 3.20. The molecule has 0 aliphatic rings. The van der Waals surface area contributed by atoms with Gasteiger partial charge >= 0.3 is 7.12 Å². The molecule has 0 aliphatic heterocycles. The summed E-state index contributed by atoms with van der Waals surface area (Å²) in [4.78, 5) is 4.78. The molecule has 0 bridgehead atoms. The van der Waals surface area contributed by atoms with E-state index in [1.54, 1.807) is 24.3 Å². The van der Waals surface area contributed by atoms with Gasteiger partial charge in [-0.2, -0.15) is 0 Å². The second-order valence-corrected chi connectivity index (χ2v) is 2.70. The van der Waals surface area contributed by atoms with Gasteiger partial charge in [-0.3, -0.25) is 0 Å². The Kier molecular flexibility index (Phi) is 4.16. The minimum absolute atomic E-state index is 0.436. The van der Waals surface area contributed by atoms with Crippen molar-refractivity contribution >= 4 is 18.8 Å². The molecule has 0 saturated carbocycles. The fourth-order valence-electron chi connectivity index (χ4n) is 0.973. The highest BCUT2D eigenvalue weighted by molar-refractivity contribution is 6.58. The largest absolute Gasteiger partial charge is 0.488 e. The van der Waals surface area contributed by atoms with Crippen LogP contribution in [0.2, 0.25) is 0 Å². The monoisotopic (exact) mass is 193 g/mol. The summed E-state index contributed by atoms with van der Waals surface area (Å²) in [5, 5.41) is 21.5. The van der Waals surface area contributed by atoms with Gasteiger partial charge in [-0.05, 0) is 17.9 Å². The van der Waals surface area contributed by atoms with Crippen molar-refractivity contribution in [2.75, 3.05) is 6.61 Å². The van der Waals surface area contributed by atoms with Gasteiger partial charge in [0, 0.05) is 0 Å². The summed E-state index contributed by atoms with van der Waals surface area (Å²) in [5.74, 6) is 0. The maximum atomic E-state index is 8.90. The zero-order valence-corrected chi connectivity index (χ0v) is 7.92. The van der Waals surface area contributed by atoms with E-state index in [9.17, 15) is 0 Å². The fourth-order valence-corrected chi connectivity index (χ4v) is 0.973. The van der Waals surface area contributed by atoms with Crippen LogP contribution in [0.3, 0.4) is 0 Å². The Bertz CT molecular complexity index is 315. The highest BCUT2D eigenvalue weighted by atomic mass is 16.6. The van der Waals surface area contributed by atoms with Crippen molar-refractivity contribution in [1.82, 2.24) is 0 Å². The maximum absolute atomic E-state index is 8.90. The van der Waals surface area contributed by atoms with Crippen molar-refractivity contribution in [2.24, 2.45) is 5.16 Å². The normalized spacial score (nSPS) is 10.5. The quantitative estimate of drug-likeness (QED) is 0.393. The molecule has 0 amide bonds. The standard InChI is InChI=1S/C9H12BNO3/c1-2-14-11-7-8-4-3-5-9(6-8)10(12)13/h3-7,12-13H,2H2,1H3/b11-7+. The van der Waals surface area contributed by atoms with Gasteiger partial charge in [0.25, 0.3) is 0 Å². The van der Waals surface area contributed by atoms with E-state index in [0.29, 0.717) is 12.1 Å². The summed E-state index contributed by atoms with van der Waals surface area (Å²) in [6.07, 6.45) is 1.52. The van der Waals surface area contributed by atoms with Crippen molar-refractivity contribution in [3.63, 3.8) is 0 Å². The molecule has 74 valence electrons. The van der Waals surface area contributed by atoms with Crippen LogP contribution in [0.15, 0.2) is 29.4 Å². The maximum Gasteiger partial charge on any atom is 0.488 e. The Morgan fingerprint density at radius 2 is 2.29 bits per heavy atom. The summed E-state index contributed by atoms with van der Waals surface area (Å²) in [6.45, 7) is 2.35. The molecule has 1 aromatic rings. The molecular weight excluding hydrogens is 181 g/mol. The van der Waals surface area contributed by atoms with Crippen LogP contribution >= 0.6 is 0 Å². The fraction of sp³-hybridized carbons (Fsp3) is 0.222. The van der Waals surface area contributed by atoms with Crippen LogP contribution in [0.4, 0.5) is 0 Å². The lowest BCUT2D eigenvalue weighted by molar-refractivity contribution is 0.160. The summed E-state index contributed by atoms with van der Waals surface area (Å²) in [7, 11) is -1.45. The summed E-state index contributed by atoms with van der Waals surface area (Å²) in [5.41, 5.74) is 1.20. The third-order valence-corrected chi connectivity index (χ3v) is 1.61. The molecule has 0 fully saturated rings. The second kappa shape index (κ2) is 5.41. The van der Waals surface area contributed by atoms with E-state index >= 15 is 0 Å². The van der Waals surface area contributed by atoms with E-state index in [1.807, 2.05) is 6.92 Å². The topological polar surface area (TPSA) is 62.0 Å².